The van der Waals surface area contributed by atoms with Crippen LogP contribution in [-0.4, -0.2) is 42.3 Å². The highest BCUT2D eigenvalue weighted by Gasteiger charge is 2.43. The molecule has 2 N–H and O–H groups in total. The van der Waals surface area contributed by atoms with Crippen LogP contribution in [0, 0.1) is 0 Å². The second-order valence-electron chi connectivity index (χ2n) is 6.79. The molecule has 1 aliphatic carbocycles. The number of ether oxygens (including phenoxy) is 1. The van der Waals surface area contributed by atoms with Gasteiger partial charge in [0.15, 0.2) is 0 Å². The van der Waals surface area contributed by atoms with E-state index in [-0.39, 0.29) is 5.54 Å². The van der Waals surface area contributed by atoms with Crippen LogP contribution in [0.15, 0.2) is 30.3 Å². The lowest BCUT2D eigenvalue weighted by molar-refractivity contribution is -0.0950. The van der Waals surface area contributed by atoms with Crippen molar-refractivity contribution in [3.8, 4) is 0 Å². The lowest BCUT2D eigenvalue weighted by atomic mass is 9.88. The van der Waals surface area contributed by atoms with Gasteiger partial charge in [-0.1, -0.05) is 30.3 Å². The summed E-state index contributed by atoms with van der Waals surface area (Å²) in [5.74, 6) is 0. The van der Waals surface area contributed by atoms with Gasteiger partial charge in [0, 0.05) is 24.7 Å². The Morgan fingerprint density at radius 3 is 2.86 bits per heavy atom. The maximum absolute atomic E-state index is 6.20. The van der Waals surface area contributed by atoms with Gasteiger partial charge >= 0.3 is 0 Å². The Morgan fingerprint density at radius 1 is 1.29 bits per heavy atom. The number of fused-ring (bicyclic) bond motifs is 1. The molecule has 21 heavy (non-hydrogen) atoms. The number of benzene rings is 1. The van der Waals surface area contributed by atoms with Gasteiger partial charge in [0.2, 0.25) is 0 Å². The van der Waals surface area contributed by atoms with Crippen molar-refractivity contribution in [2.75, 3.05) is 19.7 Å². The molecule has 3 rings (SSSR count). The SMILES string of the molecule is CC(CN)(CCc1ccccc1)N1CCOC2CCCC21. The van der Waals surface area contributed by atoms with Crippen molar-refractivity contribution in [1.29, 1.82) is 0 Å². The van der Waals surface area contributed by atoms with Gasteiger partial charge in [0.1, 0.15) is 0 Å². The Bertz CT molecular complexity index is 450. The number of nitrogens with zero attached hydrogens (tertiary/aromatic N) is 1. The number of rotatable bonds is 5. The van der Waals surface area contributed by atoms with Crippen molar-refractivity contribution < 1.29 is 4.74 Å². The molecule has 3 heteroatoms. The minimum atomic E-state index is 0.0902. The van der Waals surface area contributed by atoms with E-state index in [1.54, 1.807) is 0 Å². The lowest BCUT2D eigenvalue weighted by Gasteiger charge is -2.49. The summed E-state index contributed by atoms with van der Waals surface area (Å²) >= 11 is 0. The summed E-state index contributed by atoms with van der Waals surface area (Å²) in [6, 6.07) is 11.3. The van der Waals surface area contributed by atoms with Crippen molar-refractivity contribution in [3.05, 3.63) is 35.9 Å². The van der Waals surface area contributed by atoms with Gasteiger partial charge in [-0.3, -0.25) is 4.90 Å². The van der Waals surface area contributed by atoms with E-state index in [0.717, 1.165) is 32.5 Å². The minimum absolute atomic E-state index is 0.0902. The zero-order valence-corrected chi connectivity index (χ0v) is 13.1. The Hall–Kier alpha value is -0.900. The van der Waals surface area contributed by atoms with Gasteiger partial charge < -0.3 is 10.5 Å². The first-order chi connectivity index (χ1) is 10.2. The average molecular weight is 288 g/mol. The molecule has 1 aliphatic heterocycles. The van der Waals surface area contributed by atoms with E-state index in [2.05, 4.69) is 42.2 Å². The van der Waals surface area contributed by atoms with Crippen LogP contribution in [0.4, 0.5) is 0 Å². The second-order valence-corrected chi connectivity index (χ2v) is 6.79. The smallest absolute Gasteiger partial charge is 0.0731 e. The highest BCUT2D eigenvalue weighted by Crippen LogP contribution is 2.35. The molecule has 2 aliphatic rings. The Labute approximate surface area is 128 Å². The first kappa shape index (κ1) is 15.0. The molecule has 0 amide bonds. The van der Waals surface area contributed by atoms with Crippen LogP contribution in [0.2, 0.25) is 0 Å². The molecule has 0 radical (unpaired) electrons. The largest absolute Gasteiger partial charge is 0.375 e. The summed E-state index contributed by atoms with van der Waals surface area (Å²) < 4.78 is 5.95. The quantitative estimate of drug-likeness (QED) is 0.905. The Kier molecular flexibility index (Phi) is 4.63. The van der Waals surface area contributed by atoms with Crippen LogP contribution in [0.1, 0.15) is 38.2 Å². The minimum Gasteiger partial charge on any atom is -0.375 e. The molecule has 1 aromatic carbocycles. The number of hydrogen-bond acceptors (Lipinski definition) is 3. The zero-order chi connectivity index (χ0) is 14.7. The zero-order valence-electron chi connectivity index (χ0n) is 13.1. The fourth-order valence-electron chi connectivity index (χ4n) is 4.02. The lowest BCUT2D eigenvalue weighted by Crippen LogP contribution is -2.61. The fourth-order valence-corrected chi connectivity index (χ4v) is 4.02. The summed E-state index contributed by atoms with van der Waals surface area (Å²) in [6.45, 7) is 4.96. The standard InChI is InChI=1S/C18H28N2O/c1-18(14-19,11-10-15-6-3-2-4-7-15)20-12-13-21-17-9-5-8-16(17)20/h2-4,6-7,16-17H,5,8-14,19H2,1H3. The normalized spacial score (nSPS) is 29.0. The molecular weight excluding hydrogens is 260 g/mol. The number of aryl methyl sites for hydroxylation is 1. The molecular formula is C18H28N2O. The number of hydrogen-bond donors (Lipinski definition) is 1. The van der Waals surface area contributed by atoms with Crippen LogP contribution in [-0.2, 0) is 11.2 Å². The molecule has 1 saturated carbocycles. The maximum atomic E-state index is 6.20. The fraction of sp³-hybridized carbons (Fsp3) is 0.667. The monoisotopic (exact) mass is 288 g/mol. The van der Waals surface area contributed by atoms with Gasteiger partial charge in [-0.05, 0) is 44.6 Å². The van der Waals surface area contributed by atoms with Crippen molar-refractivity contribution >= 4 is 0 Å². The third-order valence-electron chi connectivity index (χ3n) is 5.41. The van der Waals surface area contributed by atoms with Gasteiger partial charge in [-0.2, -0.15) is 0 Å². The van der Waals surface area contributed by atoms with Gasteiger partial charge in [0.05, 0.1) is 12.7 Å². The molecule has 116 valence electrons. The van der Waals surface area contributed by atoms with Crippen molar-refractivity contribution in [1.82, 2.24) is 4.90 Å². The molecule has 1 saturated heterocycles. The average Bonchev–Trinajstić information content (AvgIpc) is 3.02. The third kappa shape index (κ3) is 3.15. The predicted molar refractivity (Wildman–Crippen MR) is 86.3 cm³/mol. The predicted octanol–water partition coefficient (Wildman–Crippen LogP) is 2.59. The highest BCUT2D eigenvalue weighted by atomic mass is 16.5. The molecule has 0 aromatic heterocycles. The topological polar surface area (TPSA) is 38.5 Å². The first-order valence-corrected chi connectivity index (χ1v) is 8.35. The molecule has 2 fully saturated rings. The molecule has 0 bridgehead atoms. The van der Waals surface area contributed by atoms with Crippen LogP contribution in [0.3, 0.4) is 0 Å². The van der Waals surface area contributed by atoms with E-state index in [1.807, 2.05) is 0 Å². The Balaban J connectivity index is 1.69. The number of nitrogens with two attached hydrogens (primary N) is 1. The molecule has 1 heterocycles. The van der Waals surface area contributed by atoms with E-state index in [9.17, 15) is 0 Å². The van der Waals surface area contributed by atoms with E-state index in [1.165, 1.54) is 24.8 Å². The van der Waals surface area contributed by atoms with E-state index >= 15 is 0 Å². The third-order valence-corrected chi connectivity index (χ3v) is 5.41. The first-order valence-electron chi connectivity index (χ1n) is 8.35. The van der Waals surface area contributed by atoms with Gasteiger partial charge in [-0.15, -0.1) is 0 Å². The van der Waals surface area contributed by atoms with Gasteiger partial charge in [0.25, 0.3) is 0 Å². The molecule has 0 spiro atoms. The van der Waals surface area contributed by atoms with Crippen molar-refractivity contribution in [3.63, 3.8) is 0 Å². The van der Waals surface area contributed by atoms with Crippen LogP contribution in [0.5, 0.6) is 0 Å². The summed E-state index contributed by atoms with van der Waals surface area (Å²) in [5, 5.41) is 0. The molecule has 3 nitrogen and oxygen atoms in total. The van der Waals surface area contributed by atoms with Crippen LogP contribution < -0.4 is 5.73 Å². The number of morpholine rings is 1. The summed E-state index contributed by atoms with van der Waals surface area (Å²) in [5.41, 5.74) is 7.70. The molecule has 3 atom stereocenters. The molecule has 3 unspecified atom stereocenters. The van der Waals surface area contributed by atoms with Crippen LogP contribution >= 0.6 is 0 Å². The maximum Gasteiger partial charge on any atom is 0.0731 e. The van der Waals surface area contributed by atoms with E-state index < -0.39 is 0 Å². The van der Waals surface area contributed by atoms with Crippen molar-refractivity contribution in [2.24, 2.45) is 5.73 Å². The van der Waals surface area contributed by atoms with E-state index in [4.69, 9.17) is 10.5 Å². The van der Waals surface area contributed by atoms with Crippen LogP contribution in [0.25, 0.3) is 0 Å². The summed E-state index contributed by atoms with van der Waals surface area (Å²) in [6.07, 6.45) is 6.46. The van der Waals surface area contributed by atoms with Gasteiger partial charge in [-0.25, -0.2) is 0 Å². The molecule has 1 aromatic rings. The highest BCUT2D eigenvalue weighted by molar-refractivity contribution is 5.15. The van der Waals surface area contributed by atoms with E-state index in [0.29, 0.717) is 12.1 Å². The summed E-state index contributed by atoms with van der Waals surface area (Å²) in [4.78, 5) is 2.66. The van der Waals surface area contributed by atoms with Crippen molar-refractivity contribution in [2.45, 2.75) is 56.7 Å². The summed E-state index contributed by atoms with van der Waals surface area (Å²) in [7, 11) is 0. The Morgan fingerprint density at radius 2 is 2.10 bits per heavy atom. The second kappa shape index (κ2) is 6.47.